The minimum atomic E-state index is 0.689. The first-order chi connectivity index (χ1) is 7.36. The fraction of sp³-hybridized carbons (Fsp3) is 0.300. The predicted octanol–water partition coefficient (Wildman–Crippen LogP) is 0.798. The molecular formula is C10H13N5. The highest BCUT2D eigenvalue weighted by molar-refractivity contribution is 5.20. The molecule has 0 atom stereocenters. The molecule has 0 aliphatic rings. The van der Waals surface area contributed by atoms with Gasteiger partial charge in [-0.3, -0.25) is 10.1 Å². The lowest BCUT2D eigenvalue weighted by Gasteiger charge is -2.05. The normalized spacial score (nSPS) is 10.5. The molecule has 0 aliphatic heterocycles. The molecule has 0 bridgehead atoms. The molecule has 15 heavy (non-hydrogen) atoms. The minimum Gasteiger partial charge on any atom is -0.306 e. The molecule has 0 spiro atoms. The van der Waals surface area contributed by atoms with E-state index in [1.807, 2.05) is 12.3 Å². The molecule has 0 aliphatic carbocycles. The van der Waals surface area contributed by atoms with Gasteiger partial charge in [0.25, 0.3) is 0 Å². The molecule has 2 aromatic rings. The zero-order chi connectivity index (χ0) is 10.5. The van der Waals surface area contributed by atoms with Crippen LogP contribution in [0.4, 0.5) is 0 Å². The zero-order valence-corrected chi connectivity index (χ0v) is 8.57. The summed E-state index contributed by atoms with van der Waals surface area (Å²) >= 11 is 0. The fourth-order valence-electron chi connectivity index (χ4n) is 1.31. The van der Waals surface area contributed by atoms with E-state index >= 15 is 0 Å². The molecule has 5 heteroatoms. The molecular weight excluding hydrogens is 190 g/mol. The van der Waals surface area contributed by atoms with Crippen molar-refractivity contribution < 1.29 is 0 Å². The lowest BCUT2D eigenvalue weighted by atomic mass is 10.1. The fourth-order valence-corrected chi connectivity index (χ4v) is 1.31. The summed E-state index contributed by atoms with van der Waals surface area (Å²) in [6, 6.07) is 2.01. The monoisotopic (exact) mass is 203 g/mol. The highest BCUT2D eigenvalue weighted by atomic mass is 15.2. The van der Waals surface area contributed by atoms with E-state index in [4.69, 9.17) is 0 Å². The molecule has 0 saturated heterocycles. The number of nitrogens with zero attached hydrogens (tertiary/aromatic N) is 3. The van der Waals surface area contributed by atoms with E-state index in [9.17, 15) is 0 Å². The number of hydrogen-bond donors (Lipinski definition) is 2. The number of H-pyrrole nitrogens is 1. The van der Waals surface area contributed by atoms with Crippen molar-refractivity contribution in [1.82, 2.24) is 25.5 Å². The van der Waals surface area contributed by atoms with Crippen LogP contribution in [0.25, 0.3) is 0 Å². The molecule has 5 nitrogen and oxygen atoms in total. The van der Waals surface area contributed by atoms with Crippen LogP contribution >= 0.6 is 0 Å². The maximum atomic E-state index is 4.09. The average Bonchev–Trinajstić information content (AvgIpc) is 2.74. The first-order valence-corrected chi connectivity index (χ1v) is 4.80. The maximum Gasteiger partial charge on any atom is 0.138 e. The van der Waals surface area contributed by atoms with Crippen LogP contribution in [0.3, 0.4) is 0 Å². The van der Waals surface area contributed by atoms with Gasteiger partial charge in [-0.15, -0.1) is 0 Å². The highest BCUT2D eigenvalue weighted by Gasteiger charge is 1.98. The van der Waals surface area contributed by atoms with Crippen LogP contribution in [0.2, 0.25) is 0 Å². The molecule has 0 aromatic carbocycles. The number of aromatic nitrogens is 4. The van der Waals surface area contributed by atoms with Crippen molar-refractivity contribution >= 4 is 0 Å². The van der Waals surface area contributed by atoms with Gasteiger partial charge >= 0.3 is 0 Å². The van der Waals surface area contributed by atoms with Crippen LogP contribution in [0, 0.1) is 6.92 Å². The first-order valence-electron chi connectivity index (χ1n) is 4.80. The van der Waals surface area contributed by atoms with Crippen LogP contribution in [0.5, 0.6) is 0 Å². The number of rotatable bonds is 4. The second-order valence-corrected chi connectivity index (χ2v) is 3.34. The van der Waals surface area contributed by atoms with Crippen LogP contribution in [-0.2, 0) is 13.1 Å². The third kappa shape index (κ3) is 2.60. The Morgan fingerprint density at radius 1 is 1.40 bits per heavy atom. The van der Waals surface area contributed by atoms with E-state index in [1.54, 1.807) is 6.20 Å². The van der Waals surface area contributed by atoms with Gasteiger partial charge in [0.05, 0.1) is 6.54 Å². The quantitative estimate of drug-likeness (QED) is 0.771. The van der Waals surface area contributed by atoms with Gasteiger partial charge in [-0.2, -0.15) is 5.10 Å². The van der Waals surface area contributed by atoms with Crippen molar-refractivity contribution in [2.45, 2.75) is 20.0 Å². The maximum absolute atomic E-state index is 4.09. The SMILES string of the molecule is Cc1ccncc1CNCc1ncn[nH]1. The van der Waals surface area contributed by atoms with Crippen molar-refractivity contribution in [2.75, 3.05) is 0 Å². The number of hydrogen-bond acceptors (Lipinski definition) is 4. The molecule has 2 rings (SSSR count). The van der Waals surface area contributed by atoms with Crippen LogP contribution in [0.15, 0.2) is 24.8 Å². The van der Waals surface area contributed by atoms with E-state index in [2.05, 4.69) is 32.4 Å². The summed E-state index contributed by atoms with van der Waals surface area (Å²) in [6.07, 6.45) is 5.18. The second kappa shape index (κ2) is 4.65. The van der Waals surface area contributed by atoms with Gasteiger partial charge in [0.1, 0.15) is 12.2 Å². The molecule has 0 fully saturated rings. The summed E-state index contributed by atoms with van der Waals surface area (Å²) in [5.74, 6) is 0.844. The summed E-state index contributed by atoms with van der Waals surface area (Å²) in [5, 5.41) is 9.85. The molecule has 78 valence electrons. The van der Waals surface area contributed by atoms with E-state index in [0.29, 0.717) is 6.54 Å². The molecule has 2 aromatic heterocycles. The van der Waals surface area contributed by atoms with E-state index < -0.39 is 0 Å². The second-order valence-electron chi connectivity index (χ2n) is 3.34. The number of aryl methyl sites for hydroxylation is 1. The van der Waals surface area contributed by atoms with E-state index in [1.165, 1.54) is 17.5 Å². The molecule has 0 unspecified atom stereocenters. The number of pyridine rings is 1. The Morgan fingerprint density at radius 2 is 2.33 bits per heavy atom. The van der Waals surface area contributed by atoms with Gasteiger partial charge in [0, 0.05) is 18.9 Å². The Hall–Kier alpha value is -1.75. The molecule has 0 amide bonds. The Balaban J connectivity index is 1.86. The number of aromatic amines is 1. The van der Waals surface area contributed by atoms with Gasteiger partial charge in [0.2, 0.25) is 0 Å². The number of nitrogens with one attached hydrogen (secondary N) is 2. The Kier molecular flexibility index (Phi) is 3.04. The Labute approximate surface area is 88.0 Å². The summed E-state index contributed by atoms with van der Waals surface area (Å²) in [5.41, 5.74) is 2.45. The molecule has 2 N–H and O–H groups in total. The Morgan fingerprint density at radius 3 is 3.07 bits per heavy atom. The van der Waals surface area contributed by atoms with E-state index in [-0.39, 0.29) is 0 Å². The Bertz CT molecular complexity index is 410. The zero-order valence-electron chi connectivity index (χ0n) is 8.57. The summed E-state index contributed by atoms with van der Waals surface area (Å²) < 4.78 is 0. The smallest absolute Gasteiger partial charge is 0.138 e. The molecule has 2 heterocycles. The summed E-state index contributed by atoms with van der Waals surface area (Å²) in [6.45, 7) is 3.56. The first kappa shape index (κ1) is 9.79. The highest BCUT2D eigenvalue weighted by Crippen LogP contribution is 2.03. The van der Waals surface area contributed by atoms with Gasteiger partial charge in [-0.25, -0.2) is 4.98 Å². The van der Waals surface area contributed by atoms with Crippen LogP contribution < -0.4 is 5.32 Å². The molecule has 0 radical (unpaired) electrons. The standard InChI is InChI=1S/C10H13N5/c1-8-2-3-11-4-9(8)5-12-6-10-13-7-14-15-10/h2-4,7,12H,5-6H2,1H3,(H,13,14,15). The topological polar surface area (TPSA) is 66.5 Å². The summed E-state index contributed by atoms with van der Waals surface area (Å²) in [4.78, 5) is 8.11. The van der Waals surface area contributed by atoms with Crippen molar-refractivity contribution in [2.24, 2.45) is 0 Å². The van der Waals surface area contributed by atoms with E-state index in [0.717, 1.165) is 12.4 Å². The van der Waals surface area contributed by atoms with Crippen molar-refractivity contribution in [3.05, 3.63) is 41.7 Å². The van der Waals surface area contributed by atoms with Crippen molar-refractivity contribution in [1.29, 1.82) is 0 Å². The molecule has 0 saturated carbocycles. The van der Waals surface area contributed by atoms with Crippen LogP contribution in [-0.4, -0.2) is 20.2 Å². The lowest BCUT2D eigenvalue weighted by Crippen LogP contribution is -2.14. The lowest BCUT2D eigenvalue weighted by molar-refractivity contribution is 0.661. The van der Waals surface area contributed by atoms with Crippen molar-refractivity contribution in [3.8, 4) is 0 Å². The van der Waals surface area contributed by atoms with Gasteiger partial charge in [0.15, 0.2) is 0 Å². The largest absolute Gasteiger partial charge is 0.306 e. The summed E-state index contributed by atoms with van der Waals surface area (Å²) in [7, 11) is 0. The van der Waals surface area contributed by atoms with Crippen LogP contribution in [0.1, 0.15) is 17.0 Å². The third-order valence-electron chi connectivity index (χ3n) is 2.22. The van der Waals surface area contributed by atoms with Crippen molar-refractivity contribution in [3.63, 3.8) is 0 Å². The van der Waals surface area contributed by atoms with Gasteiger partial charge in [-0.1, -0.05) is 0 Å². The average molecular weight is 203 g/mol. The third-order valence-corrected chi connectivity index (χ3v) is 2.22. The predicted molar refractivity (Wildman–Crippen MR) is 55.9 cm³/mol. The minimum absolute atomic E-state index is 0.689. The van der Waals surface area contributed by atoms with Gasteiger partial charge < -0.3 is 5.32 Å². The van der Waals surface area contributed by atoms with Gasteiger partial charge in [-0.05, 0) is 24.1 Å².